The van der Waals surface area contributed by atoms with Crippen molar-refractivity contribution < 1.29 is 9.26 Å². The van der Waals surface area contributed by atoms with Gasteiger partial charge in [-0.1, -0.05) is 0 Å². The van der Waals surface area contributed by atoms with Crippen molar-refractivity contribution in [2.24, 2.45) is 0 Å². The molecule has 3 rings (SSSR count). The van der Waals surface area contributed by atoms with Gasteiger partial charge in [0.25, 0.3) is 11.8 Å². The topological polar surface area (TPSA) is 64.3 Å². The molecule has 0 unspecified atom stereocenters. The van der Waals surface area contributed by atoms with Crippen LogP contribution in [0.3, 0.4) is 0 Å². The summed E-state index contributed by atoms with van der Waals surface area (Å²) >= 11 is 3.41. The van der Waals surface area contributed by atoms with E-state index in [2.05, 4.69) is 31.1 Å². The van der Waals surface area contributed by atoms with E-state index in [1.807, 2.05) is 38.4 Å². The lowest BCUT2D eigenvalue weighted by Crippen LogP contribution is -2.10. The van der Waals surface area contributed by atoms with E-state index in [1.165, 1.54) is 0 Å². The van der Waals surface area contributed by atoms with Crippen molar-refractivity contribution in [1.29, 1.82) is 0 Å². The van der Waals surface area contributed by atoms with Crippen molar-refractivity contribution in [3.05, 3.63) is 40.8 Å². The highest BCUT2D eigenvalue weighted by molar-refractivity contribution is 9.10. The van der Waals surface area contributed by atoms with Gasteiger partial charge in [0, 0.05) is 30.2 Å². The lowest BCUT2D eigenvalue weighted by Gasteiger charge is -2.05. The summed E-state index contributed by atoms with van der Waals surface area (Å²) in [6.45, 7) is 0.230. The van der Waals surface area contributed by atoms with E-state index in [1.54, 1.807) is 11.1 Å². The highest BCUT2D eigenvalue weighted by Gasteiger charge is 2.08. The van der Waals surface area contributed by atoms with E-state index >= 15 is 0 Å². The molecule has 0 radical (unpaired) electrons. The molecule has 1 aromatic carbocycles. The molecule has 0 aliphatic rings. The van der Waals surface area contributed by atoms with Gasteiger partial charge in [-0.15, -0.1) is 0 Å². The van der Waals surface area contributed by atoms with Crippen LogP contribution in [0.1, 0.15) is 5.89 Å². The smallest absolute Gasteiger partial charge is 0.266 e. The van der Waals surface area contributed by atoms with Gasteiger partial charge in [-0.25, -0.2) is 0 Å². The minimum atomic E-state index is 0.230. The number of hydrogen-bond donors (Lipinski definition) is 0. The fraction of sp³-hybridized carbons (Fsp3) is 0.214. The van der Waals surface area contributed by atoms with Crippen LogP contribution in [-0.4, -0.2) is 29.2 Å². The van der Waals surface area contributed by atoms with Gasteiger partial charge >= 0.3 is 0 Å². The molecule has 108 valence electrons. The first-order valence-electron chi connectivity index (χ1n) is 6.30. The molecule has 0 atom stereocenters. The third kappa shape index (κ3) is 3.13. The summed E-state index contributed by atoms with van der Waals surface area (Å²) < 4.78 is 11.7. The number of hydrogen-bond acceptors (Lipinski definition) is 6. The number of rotatable bonds is 4. The molecule has 2 heterocycles. The molecular formula is C14H13BrN4O2. The number of anilines is 1. The maximum absolute atomic E-state index is 5.68. The zero-order valence-corrected chi connectivity index (χ0v) is 13.2. The summed E-state index contributed by atoms with van der Waals surface area (Å²) in [7, 11) is 3.70. The van der Waals surface area contributed by atoms with Crippen LogP contribution in [0, 0.1) is 0 Å². The predicted molar refractivity (Wildman–Crippen MR) is 82.4 cm³/mol. The molecule has 2 aromatic heterocycles. The van der Waals surface area contributed by atoms with Crippen LogP contribution < -0.4 is 9.64 Å². The molecule has 0 amide bonds. The summed E-state index contributed by atoms with van der Waals surface area (Å²) in [5, 5.41) is 4.83. The molecular weight excluding hydrogens is 336 g/mol. The highest BCUT2D eigenvalue weighted by Crippen LogP contribution is 2.23. The number of fused-ring (bicyclic) bond motifs is 1. The molecule has 7 heteroatoms. The quantitative estimate of drug-likeness (QED) is 0.722. The summed E-state index contributed by atoms with van der Waals surface area (Å²) in [5.41, 5.74) is 0.915. The molecule has 3 aromatic rings. The van der Waals surface area contributed by atoms with Gasteiger partial charge in [-0.2, -0.15) is 4.98 Å². The number of aromatic nitrogens is 3. The van der Waals surface area contributed by atoms with Crippen LogP contribution in [0.5, 0.6) is 5.75 Å². The lowest BCUT2D eigenvalue weighted by molar-refractivity contribution is 0.243. The minimum Gasteiger partial charge on any atom is -0.484 e. The molecule has 0 aliphatic heterocycles. The zero-order valence-electron chi connectivity index (χ0n) is 11.6. The van der Waals surface area contributed by atoms with Crippen molar-refractivity contribution in [2.75, 3.05) is 19.0 Å². The second kappa shape index (κ2) is 5.69. The molecule has 21 heavy (non-hydrogen) atoms. The van der Waals surface area contributed by atoms with E-state index in [-0.39, 0.29) is 6.61 Å². The highest BCUT2D eigenvalue weighted by atomic mass is 79.9. The van der Waals surface area contributed by atoms with Crippen molar-refractivity contribution in [3.8, 4) is 5.75 Å². The standard InChI is InChI=1S/C14H13BrN4O2/c1-19(2)14-17-13(21-18-14)8-20-11-3-4-12-9(6-11)5-10(15)7-16-12/h3-7H,8H2,1-2H3. The Morgan fingerprint density at radius 2 is 2.14 bits per heavy atom. The summed E-state index contributed by atoms with van der Waals surface area (Å²) in [4.78, 5) is 10.3. The first-order chi connectivity index (χ1) is 10.1. The third-order valence-corrected chi connectivity index (χ3v) is 3.27. The Bertz CT molecular complexity index is 773. The lowest BCUT2D eigenvalue weighted by atomic mass is 10.2. The van der Waals surface area contributed by atoms with Crippen molar-refractivity contribution in [2.45, 2.75) is 6.61 Å². The number of halogens is 1. The maximum Gasteiger partial charge on any atom is 0.266 e. The van der Waals surface area contributed by atoms with E-state index in [0.29, 0.717) is 11.8 Å². The van der Waals surface area contributed by atoms with Gasteiger partial charge in [0.1, 0.15) is 5.75 Å². The molecule has 0 aliphatic carbocycles. The van der Waals surface area contributed by atoms with Gasteiger partial charge < -0.3 is 14.2 Å². The van der Waals surface area contributed by atoms with Crippen LogP contribution in [0.25, 0.3) is 10.9 Å². The van der Waals surface area contributed by atoms with Gasteiger partial charge in [-0.3, -0.25) is 4.98 Å². The Labute approximate surface area is 129 Å². The normalized spacial score (nSPS) is 10.8. The molecule has 0 spiro atoms. The molecule has 0 saturated carbocycles. The molecule has 6 nitrogen and oxygen atoms in total. The van der Waals surface area contributed by atoms with E-state index in [9.17, 15) is 0 Å². The zero-order chi connectivity index (χ0) is 14.8. The molecule has 0 fully saturated rings. The fourth-order valence-electron chi connectivity index (χ4n) is 1.80. The largest absolute Gasteiger partial charge is 0.484 e. The third-order valence-electron chi connectivity index (χ3n) is 2.84. The summed E-state index contributed by atoms with van der Waals surface area (Å²) in [6.07, 6.45) is 1.77. The Morgan fingerprint density at radius 1 is 1.29 bits per heavy atom. The second-order valence-corrected chi connectivity index (χ2v) is 5.59. The first-order valence-corrected chi connectivity index (χ1v) is 7.09. The number of ether oxygens (including phenoxy) is 1. The van der Waals surface area contributed by atoms with Gasteiger partial charge in [-0.05, 0) is 45.4 Å². The average Bonchev–Trinajstić information content (AvgIpc) is 2.93. The number of nitrogens with zero attached hydrogens (tertiary/aromatic N) is 4. The second-order valence-electron chi connectivity index (χ2n) is 4.68. The fourth-order valence-corrected chi connectivity index (χ4v) is 2.15. The Hall–Kier alpha value is -2.15. The van der Waals surface area contributed by atoms with Gasteiger partial charge in [0.15, 0.2) is 6.61 Å². The van der Waals surface area contributed by atoms with Crippen molar-refractivity contribution in [3.63, 3.8) is 0 Å². The van der Waals surface area contributed by atoms with Gasteiger partial charge in [0.2, 0.25) is 0 Å². The number of pyridine rings is 1. The SMILES string of the molecule is CN(C)c1noc(COc2ccc3ncc(Br)cc3c2)n1. The van der Waals surface area contributed by atoms with Crippen LogP contribution in [0.4, 0.5) is 5.95 Å². The summed E-state index contributed by atoms with van der Waals surface area (Å²) in [6, 6.07) is 7.70. The Morgan fingerprint density at radius 3 is 2.90 bits per heavy atom. The monoisotopic (exact) mass is 348 g/mol. The molecule has 0 N–H and O–H groups in total. The van der Waals surface area contributed by atoms with E-state index in [4.69, 9.17) is 9.26 Å². The average molecular weight is 349 g/mol. The predicted octanol–water partition coefficient (Wildman–Crippen LogP) is 3.03. The first kappa shape index (κ1) is 13.8. The van der Waals surface area contributed by atoms with Crippen molar-refractivity contribution >= 4 is 32.8 Å². The van der Waals surface area contributed by atoms with Crippen LogP contribution in [-0.2, 0) is 6.61 Å². The Balaban J connectivity index is 1.75. The minimum absolute atomic E-state index is 0.230. The van der Waals surface area contributed by atoms with E-state index in [0.717, 1.165) is 21.1 Å². The van der Waals surface area contributed by atoms with Gasteiger partial charge in [0.05, 0.1) is 5.52 Å². The molecule has 0 bridgehead atoms. The number of benzene rings is 1. The summed E-state index contributed by atoms with van der Waals surface area (Å²) in [5.74, 6) is 1.69. The van der Waals surface area contributed by atoms with Crippen LogP contribution in [0.15, 0.2) is 39.5 Å². The van der Waals surface area contributed by atoms with Crippen molar-refractivity contribution in [1.82, 2.24) is 15.1 Å². The van der Waals surface area contributed by atoms with Crippen LogP contribution in [0.2, 0.25) is 0 Å². The van der Waals surface area contributed by atoms with E-state index < -0.39 is 0 Å². The molecule has 0 saturated heterocycles. The Kier molecular flexibility index (Phi) is 3.74. The maximum atomic E-state index is 5.68. The van der Waals surface area contributed by atoms with Crippen LogP contribution >= 0.6 is 15.9 Å².